The van der Waals surface area contributed by atoms with Crippen molar-refractivity contribution in [3.63, 3.8) is 0 Å². The molecule has 2 heterocycles. The number of hydrogen-bond donors (Lipinski definition) is 2. The van der Waals surface area contributed by atoms with Crippen molar-refractivity contribution in [2.75, 3.05) is 13.1 Å². The number of rotatable bonds is 0. The van der Waals surface area contributed by atoms with Gasteiger partial charge in [-0.1, -0.05) is 0 Å². The second kappa shape index (κ2) is 3.45. The van der Waals surface area contributed by atoms with Crippen molar-refractivity contribution < 1.29 is 9.59 Å². The van der Waals surface area contributed by atoms with Crippen LogP contribution in [0.2, 0.25) is 0 Å². The molecule has 2 aliphatic heterocycles. The fourth-order valence-electron chi connectivity index (χ4n) is 2.44. The molecule has 2 aliphatic rings. The summed E-state index contributed by atoms with van der Waals surface area (Å²) in [4.78, 5) is 25.2. The predicted octanol–water partition coefficient (Wildman–Crippen LogP) is 0.459. The van der Waals surface area contributed by atoms with Crippen LogP contribution in [0.3, 0.4) is 0 Å². The van der Waals surface area contributed by atoms with Gasteiger partial charge in [-0.2, -0.15) is 0 Å². The molecule has 5 nitrogen and oxygen atoms in total. The summed E-state index contributed by atoms with van der Waals surface area (Å²) in [6.07, 6.45) is 1.39. The van der Waals surface area contributed by atoms with Crippen LogP contribution in [0.4, 0.5) is 4.79 Å². The van der Waals surface area contributed by atoms with Crippen molar-refractivity contribution in [3.8, 4) is 0 Å². The van der Waals surface area contributed by atoms with Crippen LogP contribution in [0, 0.1) is 0 Å². The average Bonchev–Trinajstić information content (AvgIpc) is 2.41. The predicted molar refractivity (Wildman–Crippen MR) is 60.0 cm³/mol. The summed E-state index contributed by atoms with van der Waals surface area (Å²) in [5, 5.41) is 5.09. The van der Waals surface area contributed by atoms with Crippen molar-refractivity contribution >= 4 is 11.9 Å². The van der Waals surface area contributed by atoms with Gasteiger partial charge in [0.2, 0.25) is 0 Å². The Morgan fingerprint density at radius 1 is 1.19 bits per heavy atom. The Morgan fingerprint density at radius 3 is 2.12 bits per heavy atom. The molecule has 2 N–H and O–H groups in total. The van der Waals surface area contributed by atoms with E-state index in [2.05, 4.69) is 36.3 Å². The average molecular weight is 225 g/mol. The number of likely N-dealkylation sites (tertiary alicyclic amines) is 1. The van der Waals surface area contributed by atoms with Crippen LogP contribution in [0.25, 0.3) is 0 Å². The summed E-state index contributed by atoms with van der Waals surface area (Å²) in [6.45, 7) is 8.18. The van der Waals surface area contributed by atoms with Gasteiger partial charge in [0.25, 0.3) is 5.91 Å². The van der Waals surface area contributed by atoms with Crippen molar-refractivity contribution in [1.82, 2.24) is 15.5 Å². The van der Waals surface area contributed by atoms with Crippen LogP contribution in [-0.2, 0) is 4.79 Å². The zero-order valence-corrected chi connectivity index (χ0v) is 10.1. The third-order valence-electron chi connectivity index (χ3n) is 3.58. The van der Waals surface area contributed by atoms with E-state index >= 15 is 0 Å². The Hall–Kier alpha value is -1.10. The quantitative estimate of drug-likeness (QED) is 0.589. The van der Waals surface area contributed by atoms with Gasteiger partial charge in [0.05, 0.1) is 0 Å². The van der Waals surface area contributed by atoms with Gasteiger partial charge in [0.15, 0.2) is 0 Å². The third-order valence-corrected chi connectivity index (χ3v) is 3.58. The molecule has 0 atom stereocenters. The summed E-state index contributed by atoms with van der Waals surface area (Å²) in [6, 6.07) is -0.353. The molecule has 0 saturated carbocycles. The van der Waals surface area contributed by atoms with Crippen molar-refractivity contribution in [2.45, 2.75) is 44.7 Å². The van der Waals surface area contributed by atoms with Gasteiger partial charge < -0.3 is 5.32 Å². The second-order valence-corrected chi connectivity index (χ2v) is 5.65. The minimum absolute atomic E-state index is 0.126. The van der Waals surface area contributed by atoms with Crippen molar-refractivity contribution in [2.24, 2.45) is 0 Å². The highest BCUT2D eigenvalue weighted by atomic mass is 16.2. The lowest BCUT2D eigenvalue weighted by molar-refractivity contribution is -0.126. The van der Waals surface area contributed by atoms with E-state index in [1.54, 1.807) is 0 Å². The smallest absolute Gasteiger partial charge is 0.322 e. The van der Waals surface area contributed by atoms with Gasteiger partial charge in [0, 0.05) is 18.6 Å². The van der Waals surface area contributed by atoms with Crippen molar-refractivity contribution in [1.29, 1.82) is 0 Å². The van der Waals surface area contributed by atoms with E-state index in [0.29, 0.717) is 12.8 Å². The van der Waals surface area contributed by atoms with E-state index in [4.69, 9.17) is 0 Å². The fourth-order valence-corrected chi connectivity index (χ4v) is 2.44. The molecular formula is C11H19N3O2. The van der Waals surface area contributed by atoms with Gasteiger partial charge in [-0.25, -0.2) is 4.79 Å². The largest absolute Gasteiger partial charge is 0.323 e. The Morgan fingerprint density at radius 2 is 1.75 bits per heavy atom. The zero-order valence-electron chi connectivity index (χ0n) is 10.1. The number of imide groups is 1. The number of carbonyl (C=O) groups is 2. The number of urea groups is 1. The third kappa shape index (κ3) is 1.80. The van der Waals surface area contributed by atoms with E-state index < -0.39 is 5.54 Å². The van der Waals surface area contributed by atoms with Gasteiger partial charge in [-0.05, 0) is 33.6 Å². The molecule has 16 heavy (non-hydrogen) atoms. The SMILES string of the molecule is CC(C)(C)N1CCC2(CC1)NC(=O)NC2=O. The monoisotopic (exact) mass is 225 g/mol. The Bertz CT molecular complexity index is 325. The van der Waals surface area contributed by atoms with Gasteiger partial charge in [0.1, 0.15) is 5.54 Å². The Kier molecular flexibility index (Phi) is 2.45. The minimum Gasteiger partial charge on any atom is -0.323 e. The van der Waals surface area contributed by atoms with Gasteiger partial charge in [-0.15, -0.1) is 0 Å². The highest BCUT2D eigenvalue weighted by Crippen LogP contribution is 2.28. The van der Waals surface area contributed by atoms with Crippen LogP contribution < -0.4 is 10.6 Å². The summed E-state index contributed by atoms with van der Waals surface area (Å²) in [5.41, 5.74) is -0.514. The molecule has 0 bridgehead atoms. The summed E-state index contributed by atoms with van der Waals surface area (Å²) in [7, 11) is 0. The molecule has 0 aromatic carbocycles. The molecule has 2 saturated heterocycles. The molecule has 5 heteroatoms. The molecule has 3 amide bonds. The van der Waals surface area contributed by atoms with Gasteiger partial charge in [-0.3, -0.25) is 15.0 Å². The molecule has 0 aromatic rings. The first kappa shape index (κ1) is 11.4. The molecule has 90 valence electrons. The molecule has 0 aromatic heterocycles. The van der Waals surface area contributed by atoms with E-state index in [1.165, 1.54) is 0 Å². The highest BCUT2D eigenvalue weighted by Gasteiger charge is 2.48. The second-order valence-electron chi connectivity index (χ2n) is 5.65. The maximum atomic E-state index is 11.7. The first-order chi connectivity index (χ1) is 7.33. The lowest BCUT2D eigenvalue weighted by Gasteiger charge is -2.43. The van der Waals surface area contributed by atoms with Crippen LogP contribution in [0.5, 0.6) is 0 Å². The molecule has 0 aliphatic carbocycles. The number of carbonyl (C=O) groups excluding carboxylic acids is 2. The molecular weight excluding hydrogens is 206 g/mol. The van der Waals surface area contributed by atoms with Crippen LogP contribution in [0.1, 0.15) is 33.6 Å². The lowest BCUT2D eigenvalue weighted by atomic mass is 9.86. The first-order valence-corrected chi connectivity index (χ1v) is 5.72. The normalized spacial score (nSPS) is 25.7. The van der Waals surface area contributed by atoms with E-state index in [-0.39, 0.29) is 17.5 Å². The molecule has 2 rings (SSSR count). The highest BCUT2D eigenvalue weighted by molar-refractivity contribution is 6.07. The Balaban J connectivity index is 2.05. The Labute approximate surface area is 95.6 Å². The number of nitrogens with zero attached hydrogens (tertiary/aromatic N) is 1. The number of piperidine rings is 1. The van der Waals surface area contributed by atoms with Gasteiger partial charge >= 0.3 is 6.03 Å². The molecule has 2 fully saturated rings. The minimum atomic E-state index is -0.640. The first-order valence-electron chi connectivity index (χ1n) is 5.72. The van der Waals surface area contributed by atoms with E-state index in [1.807, 2.05) is 0 Å². The standard InChI is InChI=1S/C11H19N3O2/c1-10(2,3)14-6-4-11(5-7-14)8(15)12-9(16)13-11/h4-7H2,1-3H3,(H2,12,13,15,16). The maximum Gasteiger partial charge on any atom is 0.322 e. The summed E-state index contributed by atoms with van der Waals surface area (Å²) < 4.78 is 0. The van der Waals surface area contributed by atoms with Crippen molar-refractivity contribution in [3.05, 3.63) is 0 Å². The number of amides is 3. The number of hydrogen-bond acceptors (Lipinski definition) is 3. The molecule has 0 radical (unpaired) electrons. The lowest BCUT2D eigenvalue weighted by Crippen LogP contribution is -2.58. The molecule has 0 unspecified atom stereocenters. The van der Waals surface area contributed by atoms with Crippen LogP contribution >= 0.6 is 0 Å². The van der Waals surface area contributed by atoms with Crippen LogP contribution in [0.15, 0.2) is 0 Å². The van der Waals surface area contributed by atoms with Crippen LogP contribution in [-0.4, -0.2) is 41.0 Å². The van der Waals surface area contributed by atoms with E-state index in [9.17, 15) is 9.59 Å². The summed E-state index contributed by atoms with van der Waals surface area (Å²) in [5.74, 6) is -0.161. The zero-order chi connectivity index (χ0) is 12.0. The maximum absolute atomic E-state index is 11.7. The topological polar surface area (TPSA) is 61.4 Å². The van der Waals surface area contributed by atoms with E-state index in [0.717, 1.165) is 13.1 Å². The fraction of sp³-hybridized carbons (Fsp3) is 0.818. The summed E-state index contributed by atoms with van der Waals surface area (Å²) >= 11 is 0. The number of nitrogens with one attached hydrogen (secondary N) is 2. The molecule has 1 spiro atoms.